The van der Waals surface area contributed by atoms with Gasteiger partial charge in [0, 0.05) is 18.3 Å². The number of hydrogen-bond acceptors (Lipinski definition) is 4. The van der Waals surface area contributed by atoms with E-state index in [1.54, 1.807) is 12.3 Å². The lowest BCUT2D eigenvalue weighted by molar-refractivity contribution is 0.0532. The second-order valence-corrected chi connectivity index (χ2v) is 4.53. The molecule has 0 saturated heterocycles. The van der Waals surface area contributed by atoms with Gasteiger partial charge in [-0.15, -0.1) is 0 Å². The van der Waals surface area contributed by atoms with Gasteiger partial charge < -0.3 is 14.8 Å². The van der Waals surface area contributed by atoms with Crippen molar-refractivity contribution in [2.75, 3.05) is 19.8 Å². The largest absolute Gasteiger partial charge is 0.473 e. The molecule has 0 aliphatic carbocycles. The van der Waals surface area contributed by atoms with Crippen LogP contribution < -0.4 is 10.1 Å². The molecular formula is C14H23FN2O2. The standard InChI is InChI=1S/C14H23FN2O2/c1-4-6-16-10-12-5-7-17-14(13(12)15)19-9-8-18-11(2)3/h5,7,11,16H,4,6,8-10H2,1-3H3. The zero-order valence-electron chi connectivity index (χ0n) is 11.9. The quantitative estimate of drug-likeness (QED) is 0.700. The predicted octanol–water partition coefficient (Wildman–Crippen LogP) is 2.52. The monoisotopic (exact) mass is 270 g/mol. The van der Waals surface area contributed by atoms with Crippen LogP contribution >= 0.6 is 0 Å². The molecule has 0 atom stereocenters. The second kappa shape index (κ2) is 8.82. The molecule has 1 aromatic rings. The fraction of sp³-hybridized carbons (Fsp3) is 0.643. The fourth-order valence-corrected chi connectivity index (χ4v) is 1.52. The van der Waals surface area contributed by atoms with E-state index in [1.165, 1.54) is 0 Å². The van der Waals surface area contributed by atoms with E-state index in [1.807, 2.05) is 13.8 Å². The van der Waals surface area contributed by atoms with Gasteiger partial charge in [-0.05, 0) is 32.9 Å². The molecule has 1 aromatic heterocycles. The van der Waals surface area contributed by atoms with E-state index < -0.39 is 5.82 Å². The number of aromatic nitrogens is 1. The topological polar surface area (TPSA) is 43.4 Å². The van der Waals surface area contributed by atoms with Gasteiger partial charge in [-0.3, -0.25) is 0 Å². The summed E-state index contributed by atoms with van der Waals surface area (Å²) in [6.07, 6.45) is 2.72. The van der Waals surface area contributed by atoms with E-state index in [9.17, 15) is 4.39 Å². The average molecular weight is 270 g/mol. The number of halogens is 1. The van der Waals surface area contributed by atoms with Crippen molar-refractivity contribution in [3.63, 3.8) is 0 Å². The van der Waals surface area contributed by atoms with Crippen LogP contribution in [-0.2, 0) is 11.3 Å². The summed E-state index contributed by atoms with van der Waals surface area (Å²) in [5.41, 5.74) is 0.572. The molecule has 0 unspecified atom stereocenters. The van der Waals surface area contributed by atoms with Crippen molar-refractivity contribution in [3.05, 3.63) is 23.6 Å². The number of ether oxygens (including phenoxy) is 2. The first-order valence-corrected chi connectivity index (χ1v) is 6.73. The first kappa shape index (κ1) is 15.9. The molecular weight excluding hydrogens is 247 g/mol. The van der Waals surface area contributed by atoms with Crippen LogP contribution in [0.25, 0.3) is 0 Å². The molecule has 5 heteroatoms. The molecule has 0 aliphatic rings. The molecule has 1 rings (SSSR count). The highest BCUT2D eigenvalue weighted by Crippen LogP contribution is 2.17. The summed E-state index contributed by atoms with van der Waals surface area (Å²) < 4.78 is 24.6. The second-order valence-electron chi connectivity index (χ2n) is 4.53. The van der Waals surface area contributed by atoms with Crippen LogP contribution in [0.1, 0.15) is 32.8 Å². The van der Waals surface area contributed by atoms with Crippen LogP contribution in [0, 0.1) is 5.82 Å². The number of nitrogens with zero attached hydrogens (tertiary/aromatic N) is 1. The highest BCUT2D eigenvalue weighted by atomic mass is 19.1. The third-order valence-corrected chi connectivity index (χ3v) is 2.45. The first-order chi connectivity index (χ1) is 9.15. The first-order valence-electron chi connectivity index (χ1n) is 6.73. The van der Waals surface area contributed by atoms with Crippen LogP contribution in [0.4, 0.5) is 4.39 Å². The van der Waals surface area contributed by atoms with Crippen LogP contribution in [-0.4, -0.2) is 30.8 Å². The average Bonchev–Trinajstić information content (AvgIpc) is 2.38. The molecule has 0 saturated carbocycles. The molecule has 4 nitrogen and oxygen atoms in total. The zero-order chi connectivity index (χ0) is 14.1. The zero-order valence-corrected chi connectivity index (χ0v) is 11.9. The van der Waals surface area contributed by atoms with E-state index in [4.69, 9.17) is 9.47 Å². The smallest absolute Gasteiger partial charge is 0.250 e. The van der Waals surface area contributed by atoms with Gasteiger partial charge in [-0.1, -0.05) is 6.92 Å². The fourth-order valence-electron chi connectivity index (χ4n) is 1.52. The molecule has 1 N–H and O–H groups in total. The highest BCUT2D eigenvalue weighted by Gasteiger charge is 2.10. The van der Waals surface area contributed by atoms with Crippen molar-refractivity contribution in [2.24, 2.45) is 0 Å². The summed E-state index contributed by atoms with van der Waals surface area (Å²) in [6.45, 7) is 8.03. The van der Waals surface area contributed by atoms with Crippen molar-refractivity contribution >= 4 is 0 Å². The van der Waals surface area contributed by atoms with Gasteiger partial charge in [0.25, 0.3) is 5.88 Å². The van der Waals surface area contributed by atoms with E-state index in [0.29, 0.717) is 25.3 Å². The Hall–Kier alpha value is -1.20. The molecule has 108 valence electrons. The molecule has 0 aromatic carbocycles. The molecule has 19 heavy (non-hydrogen) atoms. The van der Waals surface area contributed by atoms with Gasteiger partial charge >= 0.3 is 0 Å². The minimum Gasteiger partial charge on any atom is -0.473 e. The number of nitrogens with one attached hydrogen (secondary N) is 1. The number of pyridine rings is 1. The Morgan fingerprint density at radius 2 is 2.16 bits per heavy atom. The summed E-state index contributed by atoms with van der Waals surface area (Å²) in [6, 6.07) is 1.66. The summed E-state index contributed by atoms with van der Waals surface area (Å²) in [5.74, 6) is -0.348. The van der Waals surface area contributed by atoms with Crippen molar-refractivity contribution in [3.8, 4) is 5.88 Å². The Bertz CT molecular complexity index is 372. The molecule has 0 aliphatic heterocycles. The maximum Gasteiger partial charge on any atom is 0.250 e. The molecule has 0 amide bonds. The van der Waals surface area contributed by atoms with Gasteiger partial charge in [0.15, 0.2) is 5.82 Å². The van der Waals surface area contributed by atoms with Crippen molar-refractivity contribution in [1.29, 1.82) is 0 Å². The Balaban J connectivity index is 2.47. The summed E-state index contributed by atoms with van der Waals surface area (Å²) in [5, 5.41) is 3.15. The SMILES string of the molecule is CCCNCc1ccnc(OCCOC(C)C)c1F. The van der Waals surface area contributed by atoms with E-state index in [2.05, 4.69) is 17.2 Å². The van der Waals surface area contributed by atoms with E-state index in [0.717, 1.165) is 13.0 Å². The third-order valence-electron chi connectivity index (χ3n) is 2.45. The van der Waals surface area contributed by atoms with Gasteiger partial charge in [-0.2, -0.15) is 0 Å². The molecule has 0 spiro atoms. The van der Waals surface area contributed by atoms with Gasteiger partial charge in [-0.25, -0.2) is 9.37 Å². The maximum atomic E-state index is 14.0. The number of rotatable bonds is 9. The van der Waals surface area contributed by atoms with E-state index >= 15 is 0 Å². The highest BCUT2D eigenvalue weighted by molar-refractivity contribution is 5.23. The molecule has 0 bridgehead atoms. The lowest BCUT2D eigenvalue weighted by atomic mass is 10.2. The minimum atomic E-state index is -0.393. The van der Waals surface area contributed by atoms with Crippen LogP contribution in [0.3, 0.4) is 0 Å². The molecule has 0 radical (unpaired) electrons. The van der Waals surface area contributed by atoms with Crippen molar-refractivity contribution < 1.29 is 13.9 Å². The summed E-state index contributed by atoms with van der Waals surface area (Å²) in [4.78, 5) is 3.90. The Morgan fingerprint density at radius 3 is 2.84 bits per heavy atom. The Kier molecular flexibility index (Phi) is 7.36. The predicted molar refractivity (Wildman–Crippen MR) is 72.8 cm³/mol. The Morgan fingerprint density at radius 1 is 1.37 bits per heavy atom. The number of hydrogen-bond donors (Lipinski definition) is 1. The van der Waals surface area contributed by atoms with Crippen LogP contribution in [0.5, 0.6) is 5.88 Å². The lowest BCUT2D eigenvalue weighted by Crippen LogP contribution is -2.16. The van der Waals surface area contributed by atoms with Crippen molar-refractivity contribution in [1.82, 2.24) is 10.3 Å². The van der Waals surface area contributed by atoms with E-state index in [-0.39, 0.29) is 12.0 Å². The third kappa shape index (κ3) is 5.98. The minimum absolute atomic E-state index is 0.0446. The lowest BCUT2D eigenvalue weighted by Gasteiger charge is -2.11. The van der Waals surface area contributed by atoms with Crippen molar-refractivity contribution in [2.45, 2.75) is 39.8 Å². The summed E-state index contributed by atoms with van der Waals surface area (Å²) in [7, 11) is 0. The Labute approximate surface area is 114 Å². The van der Waals surface area contributed by atoms with Gasteiger partial charge in [0.05, 0.1) is 12.7 Å². The van der Waals surface area contributed by atoms with Crippen LogP contribution in [0.15, 0.2) is 12.3 Å². The summed E-state index contributed by atoms with van der Waals surface area (Å²) >= 11 is 0. The molecule has 1 heterocycles. The molecule has 0 fully saturated rings. The van der Waals surface area contributed by atoms with Gasteiger partial charge in [0.2, 0.25) is 0 Å². The normalized spacial score (nSPS) is 11.0. The van der Waals surface area contributed by atoms with Crippen LogP contribution in [0.2, 0.25) is 0 Å². The maximum absolute atomic E-state index is 14.0. The van der Waals surface area contributed by atoms with Gasteiger partial charge in [0.1, 0.15) is 6.61 Å².